The van der Waals surface area contributed by atoms with Crippen molar-refractivity contribution < 1.29 is 4.74 Å². The van der Waals surface area contributed by atoms with Crippen molar-refractivity contribution in [3.05, 3.63) is 121 Å². The number of hydrogen-bond acceptors (Lipinski definition) is 1. The van der Waals surface area contributed by atoms with Crippen molar-refractivity contribution >= 4 is 34.6 Å². The molecule has 0 N–H and O–H groups in total. The first kappa shape index (κ1) is 19.5. The van der Waals surface area contributed by atoms with Crippen LogP contribution in [-0.2, 0) is 0 Å². The largest absolute Gasteiger partial charge is 0.496 e. The van der Waals surface area contributed by atoms with Crippen LogP contribution in [0, 0.1) is 0 Å². The van der Waals surface area contributed by atoms with Crippen LogP contribution >= 0.6 is 7.92 Å². The van der Waals surface area contributed by atoms with Crippen LogP contribution in [0.2, 0.25) is 0 Å². The number of fused-ring (bicyclic) bond motifs is 1. The highest BCUT2D eigenvalue weighted by Gasteiger charge is 2.21. The van der Waals surface area contributed by atoms with Gasteiger partial charge in [-0.15, -0.1) is 0 Å². The minimum Gasteiger partial charge on any atom is -0.496 e. The van der Waals surface area contributed by atoms with E-state index in [1.807, 2.05) is 6.07 Å². The summed E-state index contributed by atoms with van der Waals surface area (Å²) in [6, 6.07) is 43.3. The number of ether oxygens (including phenoxy) is 1. The molecule has 2 heteroatoms. The third-order valence-electron chi connectivity index (χ3n) is 5.55. The van der Waals surface area contributed by atoms with E-state index in [1.165, 1.54) is 32.4 Å². The van der Waals surface area contributed by atoms with Gasteiger partial charge in [0, 0.05) is 5.39 Å². The van der Waals surface area contributed by atoms with Crippen molar-refractivity contribution in [1.82, 2.24) is 0 Å². The zero-order valence-corrected chi connectivity index (χ0v) is 18.3. The molecule has 0 heterocycles. The van der Waals surface area contributed by atoms with Crippen molar-refractivity contribution in [2.24, 2.45) is 0 Å². The second-order valence-electron chi connectivity index (χ2n) is 7.39. The second-order valence-corrected chi connectivity index (χ2v) is 9.57. The summed E-state index contributed by atoms with van der Waals surface area (Å²) in [7, 11) is 1.05. The van der Waals surface area contributed by atoms with E-state index < -0.39 is 7.92 Å². The molecule has 0 aromatic heterocycles. The number of methoxy groups -OCH3 is 1. The van der Waals surface area contributed by atoms with Gasteiger partial charge >= 0.3 is 0 Å². The minimum absolute atomic E-state index is 0.701. The molecule has 5 rings (SSSR count). The Morgan fingerprint density at radius 2 is 1.06 bits per heavy atom. The molecule has 0 fully saturated rings. The average molecular weight is 418 g/mol. The summed E-state index contributed by atoms with van der Waals surface area (Å²) in [5, 5.41) is 6.41. The monoisotopic (exact) mass is 418 g/mol. The molecule has 0 bridgehead atoms. The molecule has 0 aliphatic heterocycles. The fraction of sp³-hybridized carbons (Fsp3) is 0.0345. The number of benzene rings is 5. The van der Waals surface area contributed by atoms with E-state index in [0.717, 1.165) is 11.1 Å². The molecule has 1 nitrogen and oxygen atoms in total. The van der Waals surface area contributed by atoms with Crippen molar-refractivity contribution in [2.75, 3.05) is 7.11 Å². The van der Waals surface area contributed by atoms with Crippen molar-refractivity contribution in [2.45, 2.75) is 0 Å². The summed E-state index contributed by atoms with van der Waals surface area (Å²) in [5.74, 6) is 0.909. The predicted molar refractivity (Wildman–Crippen MR) is 135 cm³/mol. The van der Waals surface area contributed by atoms with Crippen LogP contribution in [0.4, 0.5) is 0 Å². The van der Waals surface area contributed by atoms with E-state index >= 15 is 0 Å². The van der Waals surface area contributed by atoms with Gasteiger partial charge in [-0.3, -0.25) is 0 Å². The van der Waals surface area contributed by atoms with Crippen LogP contribution in [0.3, 0.4) is 0 Å². The zero-order valence-electron chi connectivity index (χ0n) is 17.4. The van der Waals surface area contributed by atoms with Gasteiger partial charge in [0.2, 0.25) is 0 Å². The van der Waals surface area contributed by atoms with Crippen LogP contribution in [0.15, 0.2) is 121 Å². The van der Waals surface area contributed by atoms with Gasteiger partial charge in [0.15, 0.2) is 0 Å². The van der Waals surface area contributed by atoms with E-state index in [2.05, 4.69) is 115 Å². The molecular formula is C29H23OP. The molecule has 0 saturated heterocycles. The molecule has 0 unspecified atom stereocenters. The first-order chi connectivity index (χ1) is 15.4. The van der Waals surface area contributed by atoms with Crippen molar-refractivity contribution in [1.29, 1.82) is 0 Å². The highest BCUT2D eigenvalue weighted by molar-refractivity contribution is 7.80. The first-order valence-electron chi connectivity index (χ1n) is 10.4. The molecule has 0 amide bonds. The Labute approximate surface area is 184 Å². The van der Waals surface area contributed by atoms with E-state index in [1.54, 1.807) is 7.11 Å². The van der Waals surface area contributed by atoms with Gasteiger partial charge in [0.05, 0.1) is 7.11 Å². The maximum Gasteiger partial charge on any atom is 0.127 e. The number of hydrogen-bond donors (Lipinski definition) is 0. The Morgan fingerprint density at radius 3 is 1.71 bits per heavy atom. The molecule has 5 aromatic carbocycles. The van der Waals surface area contributed by atoms with Crippen molar-refractivity contribution in [3.8, 4) is 16.9 Å². The van der Waals surface area contributed by atoms with Gasteiger partial charge in [0.1, 0.15) is 5.75 Å². The highest BCUT2D eigenvalue weighted by atomic mass is 31.1. The Morgan fingerprint density at radius 1 is 0.516 bits per heavy atom. The molecular weight excluding hydrogens is 395 g/mol. The van der Waals surface area contributed by atoms with Gasteiger partial charge in [-0.25, -0.2) is 0 Å². The van der Waals surface area contributed by atoms with Gasteiger partial charge in [0.25, 0.3) is 0 Å². The van der Waals surface area contributed by atoms with Crippen LogP contribution in [0.5, 0.6) is 5.75 Å². The lowest BCUT2D eigenvalue weighted by Gasteiger charge is -2.23. The smallest absolute Gasteiger partial charge is 0.127 e. The highest BCUT2D eigenvalue weighted by Crippen LogP contribution is 2.40. The topological polar surface area (TPSA) is 9.23 Å². The Hall–Kier alpha value is -3.41. The molecule has 0 atom stereocenters. The summed E-state index contributed by atoms with van der Waals surface area (Å²) in [6.07, 6.45) is 0. The summed E-state index contributed by atoms with van der Waals surface area (Å²) in [5.41, 5.74) is 2.47. The molecule has 31 heavy (non-hydrogen) atoms. The third kappa shape index (κ3) is 3.74. The quantitative estimate of drug-likeness (QED) is 0.306. The molecule has 5 aromatic rings. The van der Waals surface area contributed by atoms with E-state index in [9.17, 15) is 0 Å². The van der Waals surface area contributed by atoms with Crippen LogP contribution in [0.25, 0.3) is 21.9 Å². The van der Waals surface area contributed by atoms with Crippen molar-refractivity contribution in [3.63, 3.8) is 0 Å². The molecule has 150 valence electrons. The van der Waals surface area contributed by atoms with E-state index in [4.69, 9.17) is 4.74 Å². The lowest BCUT2D eigenvalue weighted by molar-refractivity contribution is 0.420. The van der Waals surface area contributed by atoms with Crippen LogP contribution in [-0.4, -0.2) is 7.11 Å². The van der Waals surface area contributed by atoms with Gasteiger partial charge in [-0.2, -0.15) is 0 Å². The maximum atomic E-state index is 5.76. The van der Waals surface area contributed by atoms with Crippen LogP contribution in [0.1, 0.15) is 0 Å². The number of rotatable bonds is 5. The summed E-state index contributed by atoms with van der Waals surface area (Å²) < 4.78 is 5.76. The Bertz CT molecular complexity index is 1270. The molecule has 0 aliphatic rings. The minimum atomic E-state index is -0.701. The zero-order chi connectivity index (χ0) is 21.0. The Balaban J connectivity index is 1.80. The molecule has 0 spiro atoms. The van der Waals surface area contributed by atoms with E-state index in [-0.39, 0.29) is 0 Å². The maximum absolute atomic E-state index is 5.76. The third-order valence-corrected chi connectivity index (χ3v) is 8.05. The molecule has 0 aliphatic carbocycles. The van der Waals surface area contributed by atoms with Crippen LogP contribution < -0.4 is 20.7 Å². The van der Waals surface area contributed by atoms with Gasteiger partial charge in [-0.1, -0.05) is 115 Å². The predicted octanol–water partition coefficient (Wildman–Crippen LogP) is 6.27. The lowest BCUT2D eigenvalue weighted by atomic mass is 9.97. The normalized spacial score (nSPS) is 11.0. The SMILES string of the molecule is COc1cccc2cccc(-c3ccccc3P(c3ccccc3)c3ccccc3)c12. The molecule has 0 saturated carbocycles. The fourth-order valence-corrected chi connectivity index (χ4v) is 6.64. The fourth-order valence-electron chi connectivity index (χ4n) is 4.18. The summed E-state index contributed by atoms with van der Waals surface area (Å²) >= 11 is 0. The average Bonchev–Trinajstić information content (AvgIpc) is 2.85. The summed E-state index contributed by atoms with van der Waals surface area (Å²) in [4.78, 5) is 0. The van der Waals surface area contributed by atoms with E-state index in [0.29, 0.717) is 0 Å². The Kier molecular flexibility index (Phi) is 5.52. The van der Waals surface area contributed by atoms with Gasteiger partial charge in [-0.05, 0) is 46.4 Å². The van der Waals surface area contributed by atoms with Gasteiger partial charge < -0.3 is 4.74 Å². The summed E-state index contributed by atoms with van der Waals surface area (Å²) in [6.45, 7) is 0. The molecule has 0 radical (unpaired) electrons. The second kappa shape index (κ2) is 8.76. The first-order valence-corrected chi connectivity index (χ1v) is 11.8. The standard InChI is InChI=1S/C29H23OP/c1-30-27-20-11-13-22-12-10-19-26(29(22)27)25-18-8-9-21-28(25)31(23-14-4-2-5-15-23)24-16-6-3-7-17-24/h2-21H,1H3. The lowest BCUT2D eigenvalue weighted by Crippen LogP contribution is -2.22.